The Morgan fingerprint density at radius 2 is 1.87 bits per heavy atom. The predicted octanol–water partition coefficient (Wildman–Crippen LogP) is 2.82. The Hall–Kier alpha value is -2.28. The van der Waals surface area contributed by atoms with Crippen molar-refractivity contribution in [1.82, 2.24) is 24.5 Å². The van der Waals surface area contributed by atoms with Gasteiger partial charge in [-0.2, -0.15) is 0 Å². The van der Waals surface area contributed by atoms with Crippen molar-refractivity contribution < 1.29 is 4.74 Å². The van der Waals surface area contributed by atoms with Gasteiger partial charge in [0.05, 0.1) is 7.11 Å². The second-order valence-corrected chi connectivity index (χ2v) is 6.31. The summed E-state index contributed by atoms with van der Waals surface area (Å²) in [6, 6.07) is 8.53. The molecular formula is C16H19N5OS. The first-order valence-corrected chi connectivity index (χ1v) is 8.23. The fourth-order valence-electron chi connectivity index (χ4n) is 2.28. The fourth-order valence-corrected chi connectivity index (χ4v) is 3.15. The Morgan fingerprint density at radius 1 is 1.13 bits per heavy atom. The van der Waals surface area contributed by atoms with Crippen LogP contribution in [0, 0.1) is 6.92 Å². The van der Waals surface area contributed by atoms with Crippen molar-refractivity contribution in [1.29, 1.82) is 0 Å². The molecule has 6 nitrogen and oxygen atoms in total. The summed E-state index contributed by atoms with van der Waals surface area (Å²) < 4.78 is 8.99. The fraction of sp³-hybridized carbons (Fsp3) is 0.312. The SMILES string of the molecule is COc1nn(C)cc1-c1nnc(SCc2ccc(C)cc2)n1C. The van der Waals surface area contributed by atoms with Crippen LogP contribution in [-0.4, -0.2) is 31.7 Å². The molecule has 1 aromatic carbocycles. The molecule has 0 aliphatic carbocycles. The molecule has 0 fully saturated rings. The summed E-state index contributed by atoms with van der Waals surface area (Å²) in [6.45, 7) is 2.09. The maximum atomic E-state index is 5.31. The van der Waals surface area contributed by atoms with Crippen molar-refractivity contribution in [2.45, 2.75) is 17.8 Å². The lowest BCUT2D eigenvalue weighted by Crippen LogP contribution is -1.96. The first kappa shape index (κ1) is 15.6. The normalized spacial score (nSPS) is 11.0. The number of ether oxygens (including phenoxy) is 1. The average Bonchev–Trinajstić information content (AvgIpc) is 3.09. The molecule has 0 amide bonds. The molecule has 0 saturated heterocycles. The molecule has 0 saturated carbocycles. The minimum absolute atomic E-state index is 0.554. The van der Waals surface area contributed by atoms with Gasteiger partial charge in [-0.3, -0.25) is 4.68 Å². The largest absolute Gasteiger partial charge is 0.479 e. The van der Waals surface area contributed by atoms with Crippen molar-refractivity contribution in [3.8, 4) is 17.3 Å². The van der Waals surface area contributed by atoms with Crippen LogP contribution in [0.4, 0.5) is 0 Å². The number of hydrogen-bond acceptors (Lipinski definition) is 5. The van der Waals surface area contributed by atoms with Gasteiger partial charge in [0.2, 0.25) is 5.88 Å². The number of thioether (sulfide) groups is 1. The Morgan fingerprint density at radius 3 is 2.57 bits per heavy atom. The zero-order valence-corrected chi connectivity index (χ0v) is 14.5. The minimum Gasteiger partial charge on any atom is -0.479 e. The third-order valence-corrected chi connectivity index (χ3v) is 4.64. The van der Waals surface area contributed by atoms with E-state index in [9.17, 15) is 0 Å². The number of benzene rings is 1. The van der Waals surface area contributed by atoms with Gasteiger partial charge in [-0.25, -0.2) is 0 Å². The average molecular weight is 329 g/mol. The molecule has 0 radical (unpaired) electrons. The van der Waals surface area contributed by atoms with Crippen molar-refractivity contribution in [3.05, 3.63) is 41.6 Å². The van der Waals surface area contributed by atoms with Crippen LogP contribution in [0.15, 0.2) is 35.6 Å². The van der Waals surface area contributed by atoms with E-state index in [2.05, 4.69) is 46.5 Å². The predicted molar refractivity (Wildman–Crippen MR) is 90.5 cm³/mol. The zero-order chi connectivity index (χ0) is 16.4. The molecule has 3 aromatic rings. The van der Waals surface area contributed by atoms with E-state index in [1.54, 1.807) is 23.6 Å². The van der Waals surface area contributed by atoms with Gasteiger partial charge in [0.25, 0.3) is 0 Å². The molecule has 0 N–H and O–H groups in total. The van der Waals surface area contributed by atoms with Crippen molar-refractivity contribution in [3.63, 3.8) is 0 Å². The van der Waals surface area contributed by atoms with Crippen molar-refractivity contribution >= 4 is 11.8 Å². The van der Waals surface area contributed by atoms with E-state index in [1.165, 1.54) is 11.1 Å². The number of aromatic nitrogens is 5. The van der Waals surface area contributed by atoms with E-state index in [0.29, 0.717) is 5.88 Å². The smallest absolute Gasteiger partial charge is 0.243 e. The number of hydrogen-bond donors (Lipinski definition) is 0. The van der Waals surface area contributed by atoms with Crippen LogP contribution in [0.25, 0.3) is 11.4 Å². The van der Waals surface area contributed by atoms with Gasteiger partial charge >= 0.3 is 0 Å². The van der Waals surface area contributed by atoms with Crippen LogP contribution in [0.1, 0.15) is 11.1 Å². The summed E-state index contributed by atoms with van der Waals surface area (Å²) >= 11 is 1.66. The molecule has 23 heavy (non-hydrogen) atoms. The molecule has 0 aliphatic heterocycles. The van der Waals surface area contributed by atoms with E-state index in [4.69, 9.17) is 4.74 Å². The van der Waals surface area contributed by atoms with E-state index < -0.39 is 0 Å². The van der Waals surface area contributed by atoms with Crippen molar-refractivity contribution in [2.75, 3.05) is 7.11 Å². The van der Waals surface area contributed by atoms with Gasteiger partial charge in [-0.1, -0.05) is 41.6 Å². The molecule has 7 heteroatoms. The maximum absolute atomic E-state index is 5.31. The number of aryl methyl sites for hydroxylation is 2. The van der Waals surface area contributed by atoms with Crippen molar-refractivity contribution in [2.24, 2.45) is 14.1 Å². The third kappa shape index (κ3) is 3.24. The second kappa shape index (κ2) is 6.45. The lowest BCUT2D eigenvalue weighted by molar-refractivity contribution is 0.393. The van der Waals surface area contributed by atoms with E-state index in [1.807, 2.05) is 24.9 Å². The van der Waals surface area contributed by atoms with Crippen LogP contribution in [0.5, 0.6) is 5.88 Å². The third-order valence-electron chi connectivity index (χ3n) is 3.55. The summed E-state index contributed by atoms with van der Waals surface area (Å²) in [7, 11) is 5.42. The lowest BCUT2D eigenvalue weighted by Gasteiger charge is -2.04. The Bertz CT molecular complexity index is 806. The first-order chi connectivity index (χ1) is 11.1. The lowest BCUT2D eigenvalue weighted by atomic mass is 10.2. The molecule has 0 bridgehead atoms. The molecule has 0 spiro atoms. The van der Waals surface area contributed by atoms with Crippen LogP contribution in [-0.2, 0) is 19.8 Å². The molecular weight excluding hydrogens is 310 g/mol. The molecule has 0 unspecified atom stereocenters. The molecule has 0 atom stereocenters. The van der Waals surface area contributed by atoms with E-state index >= 15 is 0 Å². The molecule has 2 aromatic heterocycles. The Labute approximate surface area is 139 Å². The van der Waals surface area contributed by atoms with Gasteiger partial charge in [0, 0.05) is 26.0 Å². The Kier molecular flexibility index (Phi) is 4.38. The van der Waals surface area contributed by atoms with Gasteiger partial charge in [0.1, 0.15) is 5.56 Å². The summed E-state index contributed by atoms with van der Waals surface area (Å²) in [5, 5.41) is 13.7. The first-order valence-electron chi connectivity index (χ1n) is 7.24. The van der Waals surface area contributed by atoms with Crippen LogP contribution < -0.4 is 4.74 Å². The number of methoxy groups -OCH3 is 1. The molecule has 120 valence electrons. The number of rotatable bonds is 5. The molecule has 2 heterocycles. The Balaban J connectivity index is 1.80. The second-order valence-electron chi connectivity index (χ2n) is 5.37. The summed E-state index contributed by atoms with van der Waals surface area (Å²) in [4.78, 5) is 0. The highest BCUT2D eigenvalue weighted by Gasteiger charge is 2.18. The topological polar surface area (TPSA) is 57.8 Å². The van der Waals surface area contributed by atoms with Gasteiger partial charge in [-0.05, 0) is 12.5 Å². The van der Waals surface area contributed by atoms with Gasteiger partial charge in [-0.15, -0.1) is 15.3 Å². The summed E-state index contributed by atoms with van der Waals surface area (Å²) in [5.41, 5.74) is 3.37. The van der Waals surface area contributed by atoms with Gasteiger partial charge < -0.3 is 9.30 Å². The highest BCUT2D eigenvalue weighted by Crippen LogP contribution is 2.29. The van der Waals surface area contributed by atoms with Crippen LogP contribution >= 0.6 is 11.8 Å². The summed E-state index contributed by atoms with van der Waals surface area (Å²) in [5.74, 6) is 2.16. The monoisotopic (exact) mass is 329 g/mol. The minimum atomic E-state index is 0.554. The highest BCUT2D eigenvalue weighted by atomic mass is 32.2. The van der Waals surface area contributed by atoms with E-state index in [0.717, 1.165) is 22.3 Å². The maximum Gasteiger partial charge on any atom is 0.243 e. The summed E-state index contributed by atoms with van der Waals surface area (Å²) in [6.07, 6.45) is 1.89. The van der Waals surface area contributed by atoms with E-state index in [-0.39, 0.29) is 0 Å². The zero-order valence-electron chi connectivity index (χ0n) is 13.6. The number of nitrogens with zero attached hydrogens (tertiary/aromatic N) is 5. The highest BCUT2D eigenvalue weighted by molar-refractivity contribution is 7.98. The van der Waals surface area contributed by atoms with Crippen LogP contribution in [0.3, 0.4) is 0 Å². The van der Waals surface area contributed by atoms with Gasteiger partial charge in [0.15, 0.2) is 11.0 Å². The van der Waals surface area contributed by atoms with Crippen LogP contribution in [0.2, 0.25) is 0 Å². The standard InChI is InChI=1S/C16H19N5OS/c1-11-5-7-12(8-6-11)10-23-16-18-17-14(21(16)3)13-9-20(2)19-15(13)22-4/h5-9H,10H2,1-4H3. The molecule has 3 rings (SSSR count). The molecule has 0 aliphatic rings. The quantitative estimate of drug-likeness (QED) is 0.674.